The van der Waals surface area contributed by atoms with Crippen LogP contribution in [0.25, 0.3) is 16.5 Å². The number of phosphoric acid groups is 1. The first kappa shape index (κ1) is 55.6. The van der Waals surface area contributed by atoms with Gasteiger partial charge in [0.05, 0.1) is 41.5 Å². The van der Waals surface area contributed by atoms with E-state index in [0.717, 1.165) is 36.0 Å². The zero-order valence-electron chi connectivity index (χ0n) is 40.0. The van der Waals surface area contributed by atoms with Crippen molar-refractivity contribution in [2.75, 3.05) is 19.8 Å². The predicted molar refractivity (Wildman–Crippen MR) is 259 cm³/mol. The van der Waals surface area contributed by atoms with Gasteiger partial charge in [-0.15, -0.1) is 11.3 Å². The summed E-state index contributed by atoms with van der Waals surface area (Å²) in [5.41, 5.74) is 7.45. The Kier molecular flexibility index (Phi) is 20.9. The molecular weight excluding hydrogens is 964 g/mol. The third-order valence-corrected chi connectivity index (χ3v) is 12.9. The van der Waals surface area contributed by atoms with Gasteiger partial charge >= 0.3 is 7.82 Å². The predicted octanol–water partition coefficient (Wildman–Crippen LogP) is 1.32. The van der Waals surface area contributed by atoms with Crippen molar-refractivity contribution in [2.24, 2.45) is 16.8 Å². The lowest BCUT2D eigenvalue weighted by Gasteiger charge is -2.28. The summed E-state index contributed by atoms with van der Waals surface area (Å²) in [6.45, 7) is 6.35. The number of carbonyl (C=O) groups excluding carboxylic acids is 6. The second-order valence-electron chi connectivity index (χ2n) is 17.3. The first-order valence-corrected chi connectivity index (χ1v) is 25.6. The molecule has 386 valence electrons. The molecule has 0 spiro atoms. The van der Waals surface area contributed by atoms with Crippen LogP contribution in [0, 0.1) is 5.92 Å². The molecule has 1 aliphatic rings. The van der Waals surface area contributed by atoms with E-state index in [1.165, 1.54) is 18.0 Å². The first-order valence-electron chi connectivity index (χ1n) is 23.2. The molecule has 26 heteroatoms. The fourth-order valence-electron chi connectivity index (χ4n) is 7.87. The van der Waals surface area contributed by atoms with Crippen molar-refractivity contribution in [1.82, 2.24) is 50.3 Å². The number of rotatable bonds is 28. The Morgan fingerprint density at radius 3 is 2.39 bits per heavy atom. The summed E-state index contributed by atoms with van der Waals surface area (Å²) in [7, 11) is -5.13. The van der Waals surface area contributed by atoms with E-state index in [4.69, 9.17) is 10.6 Å². The molecule has 9 N–H and O–H groups in total. The van der Waals surface area contributed by atoms with Gasteiger partial charge in [-0.1, -0.05) is 31.5 Å². The number of aliphatic hydroxyl groups excluding tert-OH is 1. The number of nitrogens with one attached hydrogen (secondary N) is 4. The molecule has 1 saturated heterocycles. The van der Waals surface area contributed by atoms with Gasteiger partial charge in [0.2, 0.25) is 41.4 Å². The molecule has 0 bridgehead atoms. The number of thiophene rings is 1. The van der Waals surface area contributed by atoms with E-state index >= 15 is 0 Å². The number of primary amides is 1. The van der Waals surface area contributed by atoms with Crippen LogP contribution in [0.4, 0.5) is 0 Å². The van der Waals surface area contributed by atoms with Crippen molar-refractivity contribution in [1.29, 1.82) is 0 Å². The Morgan fingerprint density at radius 2 is 1.70 bits per heavy atom. The minimum Gasteiger partial charge on any atom is -0.396 e. The van der Waals surface area contributed by atoms with Crippen LogP contribution in [0.5, 0.6) is 0 Å². The average Bonchev–Trinajstić information content (AvgIpc) is 4.17. The molecule has 71 heavy (non-hydrogen) atoms. The highest BCUT2D eigenvalue weighted by molar-refractivity contribution is 7.46. The number of aryl methyl sites for hydroxylation is 1. The topological polar surface area (TPSA) is 337 Å². The van der Waals surface area contributed by atoms with Crippen molar-refractivity contribution >= 4 is 60.8 Å². The van der Waals surface area contributed by atoms with Gasteiger partial charge in [0.25, 0.3) is 0 Å². The SMILES string of the molecule is CC(=O)N1CCC[C@H]1C(=O)N[C@@H](CC(C)C)C(=O)N[C@@H](Cc1cncn1CCCCCCO/N=C/c1cccn1-c1nccc(-c2cccs2)n1)C(=O)N[C@@H](CO)C(=O)N[C@H](C(N)=O)[C@@H](C)OP(=O)(O)O. The van der Waals surface area contributed by atoms with Crippen LogP contribution in [0.1, 0.15) is 84.0 Å². The maximum atomic E-state index is 14.1. The number of aromatic nitrogens is 5. The fourth-order valence-corrected chi connectivity index (χ4v) is 9.12. The van der Waals surface area contributed by atoms with Crippen LogP contribution in [0.3, 0.4) is 0 Å². The number of likely N-dealkylation sites (tertiary alicyclic amines) is 1. The number of aliphatic hydroxyl groups is 1. The molecule has 24 nitrogen and oxygen atoms in total. The third-order valence-electron chi connectivity index (χ3n) is 11.4. The molecule has 1 aliphatic heterocycles. The van der Waals surface area contributed by atoms with E-state index in [9.17, 15) is 48.2 Å². The van der Waals surface area contributed by atoms with E-state index < -0.39 is 80.3 Å². The van der Waals surface area contributed by atoms with Gasteiger partial charge in [0.1, 0.15) is 36.8 Å². The molecule has 4 aromatic heterocycles. The number of phosphoric ester groups is 1. The van der Waals surface area contributed by atoms with Gasteiger partial charge in [-0.25, -0.2) is 19.5 Å². The molecule has 0 saturated carbocycles. The number of amides is 6. The van der Waals surface area contributed by atoms with E-state index in [-0.39, 0.29) is 24.7 Å². The molecule has 5 heterocycles. The molecule has 1 fully saturated rings. The Morgan fingerprint density at radius 1 is 0.972 bits per heavy atom. The Balaban J connectivity index is 1.21. The van der Waals surface area contributed by atoms with Gasteiger partial charge in [0.15, 0.2) is 0 Å². The fraction of sp³-hybridized carbons (Fsp3) is 0.511. The minimum absolute atomic E-state index is 0.108. The molecular formula is C45H63N12O12PS. The number of nitrogens with two attached hydrogens (primary N) is 1. The normalized spacial score (nSPS) is 16.0. The van der Waals surface area contributed by atoms with E-state index in [0.29, 0.717) is 57.0 Å². The maximum Gasteiger partial charge on any atom is 0.469 e. The molecule has 5 rings (SSSR count). The molecule has 0 aliphatic carbocycles. The second kappa shape index (κ2) is 26.7. The lowest BCUT2D eigenvalue weighted by Crippen LogP contribution is -2.61. The van der Waals surface area contributed by atoms with E-state index in [1.54, 1.807) is 30.1 Å². The van der Waals surface area contributed by atoms with Gasteiger partial charge in [0, 0.05) is 50.7 Å². The summed E-state index contributed by atoms with van der Waals surface area (Å²) in [4.78, 5) is 119. The molecule has 4 aromatic rings. The van der Waals surface area contributed by atoms with Crippen molar-refractivity contribution < 1.29 is 57.6 Å². The smallest absolute Gasteiger partial charge is 0.396 e. The summed E-state index contributed by atoms with van der Waals surface area (Å²) < 4.78 is 19.6. The lowest BCUT2D eigenvalue weighted by molar-refractivity contribution is -0.139. The van der Waals surface area contributed by atoms with Crippen LogP contribution < -0.4 is 27.0 Å². The number of imidazole rings is 1. The number of hydrogen-bond donors (Lipinski definition) is 8. The summed E-state index contributed by atoms with van der Waals surface area (Å²) >= 11 is 1.59. The summed E-state index contributed by atoms with van der Waals surface area (Å²) in [6, 6.07) is 2.67. The molecule has 0 unspecified atom stereocenters. The Bertz CT molecular complexity index is 2500. The monoisotopic (exact) mass is 1030 g/mol. The van der Waals surface area contributed by atoms with Crippen LogP contribution in [0.15, 0.2) is 65.8 Å². The van der Waals surface area contributed by atoms with Gasteiger partial charge < -0.3 is 56.2 Å². The largest absolute Gasteiger partial charge is 0.469 e. The second-order valence-corrected chi connectivity index (χ2v) is 19.5. The third kappa shape index (κ3) is 16.9. The van der Waals surface area contributed by atoms with Crippen LogP contribution in [-0.2, 0) is 55.7 Å². The van der Waals surface area contributed by atoms with Gasteiger partial charge in [-0.05, 0) is 81.0 Å². The maximum absolute atomic E-state index is 14.1. The summed E-state index contributed by atoms with van der Waals surface area (Å²) in [5.74, 6) is -4.48. The molecule has 6 amide bonds. The van der Waals surface area contributed by atoms with Crippen molar-refractivity contribution in [3.8, 4) is 16.5 Å². The first-order chi connectivity index (χ1) is 33.8. The average molecular weight is 1030 g/mol. The highest BCUT2D eigenvalue weighted by Crippen LogP contribution is 2.38. The quantitative estimate of drug-likeness (QED) is 0.0172. The zero-order valence-corrected chi connectivity index (χ0v) is 41.7. The standard InChI is InChI=1S/C45H63N12O12PS/c1-28(2)22-34(51-44(64)37-13-10-18-56(37)30(4)59)41(61)50-35(42(62)52-36(26-58)43(63)54-39(40(46)60)29(3)69-70(65,66)67)23-32-24-47-27-55(32)17-7-5-6-8-20-68-49-25-31-12-9-19-57(31)45-48-16-15-33(53-45)38-14-11-21-71-38/h9,11-12,14-16,19,21,24-25,27-29,34-37,39,58H,5-8,10,13,17-18,20,22-23,26H2,1-4H3,(H2,46,60)(H,50,61)(H,51,64)(H,52,62)(H,54,63)(H2,65,66,67)/b49-25+/t29-,34+,35+,36+,37+,39+/m1/s1. The number of unbranched alkanes of at least 4 members (excludes halogenated alkanes) is 3. The van der Waals surface area contributed by atoms with E-state index in [2.05, 4.69) is 45.9 Å². The molecule has 0 aromatic carbocycles. The molecule has 6 atom stereocenters. The molecule has 0 radical (unpaired) electrons. The number of nitrogens with zero attached hydrogens (tertiary/aromatic N) is 7. The van der Waals surface area contributed by atoms with Crippen molar-refractivity contribution in [3.63, 3.8) is 0 Å². The van der Waals surface area contributed by atoms with Gasteiger partial charge in [-0.3, -0.25) is 37.9 Å². The zero-order chi connectivity index (χ0) is 51.7. The minimum atomic E-state index is -5.13. The van der Waals surface area contributed by atoms with E-state index in [1.807, 2.05) is 64.9 Å². The Labute approximate surface area is 414 Å². The number of carbonyl (C=O) groups is 6. The van der Waals surface area contributed by atoms with Crippen LogP contribution in [0.2, 0.25) is 0 Å². The number of hydrogen-bond acceptors (Lipinski definition) is 15. The van der Waals surface area contributed by atoms with Crippen molar-refractivity contribution in [3.05, 3.63) is 72.0 Å². The highest BCUT2D eigenvalue weighted by atomic mass is 32.1. The Hall–Kier alpha value is -6.37. The van der Waals surface area contributed by atoms with Gasteiger partial charge in [-0.2, -0.15) is 0 Å². The van der Waals surface area contributed by atoms with Crippen molar-refractivity contribution in [2.45, 2.75) is 122 Å². The highest BCUT2D eigenvalue weighted by Gasteiger charge is 2.37. The van der Waals surface area contributed by atoms with Crippen LogP contribution >= 0.6 is 19.2 Å². The number of oxime groups is 1. The summed E-state index contributed by atoms with van der Waals surface area (Å²) in [5, 5.41) is 26.3. The summed E-state index contributed by atoms with van der Waals surface area (Å²) in [6.07, 6.45) is 10.6. The van der Waals surface area contributed by atoms with Crippen LogP contribution in [-0.4, -0.2) is 142 Å². The lowest BCUT2D eigenvalue weighted by atomic mass is 10.0.